The lowest BCUT2D eigenvalue weighted by atomic mass is 10.2. The molecule has 0 amide bonds. The average molecular weight is 243 g/mol. The fourth-order valence-electron chi connectivity index (χ4n) is 1.19. The molecule has 0 radical (unpaired) electrons. The minimum atomic E-state index is -0.271. The average Bonchev–Trinajstić information content (AvgIpc) is 2.30. The van der Waals surface area contributed by atoms with Crippen molar-refractivity contribution in [3.8, 4) is 0 Å². The normalized spacial score (nSPS) is 11.9. The summed E-state index contributed by atoms with van der Waals surface area (Å²) in [4.78, 5) is 11.0. The number of methoxy groups -OCH3 is 1. The molecule has 0 heterocycles. The molecule has 1 N–H and O–H groups in total. The highest BCUT2D eigenvalue weighted by atomic mass is 16.5. The fraction of sp³-hybridized carbons (Fsp3) is 0.769. The maximum atomic E-state index is 11.0. The van der Waals surface area contributed by atoms with Gasteiger partial charge in [-0.1, -0.05) is 19.9 Å². The minimum absolute atomic E-state index is 0.271. The number of ether oxygens (including phenoxy) is 2. The summed E-state index contributed by atoms with van der Waals surface area (Å²) in [5, 5.41) is 3.22. The van der Waals surface area contributed by atoms with Crippen LogP contribution in [0, 0.1) is 5.92 Å². The van der Waals surface area contributed by atoms with Crippen molar-refractivity contribution in [1.82, 2.24) is 5.32 Å². The van der Waals surface area contributed by atoms with Crippen LogP contribution in [0.15, 0.2) is 11.6 Å². The molecular weight excluding hydrogens is 218 g/mol. The number of hydrogen-bond acceptors (Lipinski definition) is 4. The second-order valence-corrected chi connectivity index (χ2v) is 4.41. The van der Waals surface area contributed by atoms with Gasteiger partial charge in [-0.2, -0.15) is 0 Å². The lowest BCUT2D eigenvalue weighted by Gasteiger charge is -2.06. The number of nitrogens with one attached hydrogen (secondary N) is 1. The van der Waals surface area contributed by atoms with Crippen molar-refractivity contribution in [2.24, 2.45) is 5.92 Å². The first-order chi connectivity index (χ1) is 8.07. The highest BCUT2D eigenvalue weighted by Gasteiger charge is 2.00. The van der Waals surface area contributed by atoms with Gasteiger partial charge in [0, 0.05) is 25.3 Å². The summed E-state index contributed by atoms with van der Waals surface area (Å²) in [6, 6.07) is 0. The van der Waals surface area contributed by atoms with Crippen molar-refractivity contribution < 1.29 is 14.3 Å². The van der Waals surface area contributed by atoms with Gasteiger partial charge in [-0.15, -0.1) is 0 Å². The van der Waals surface area contributed by atoms with Crippen molar-refractivity contribution in [2.75, 3.05) is 33.4 Å². The Morgan fingerprint density at radius 2 is 2.12 bits per heavy atom. The zero-order valence-electron chi connectivity index (χ0n) is 11.4. The molecule has 0 rings (SSSR count). The Morgan fingerprint density at radius 3 is 2.71 bits per heavy atom. The second-order valence-electron chi connectivity index (χ2n) is 4.41. The molecule has 0 fully saturated rings. The maximum absolute atomic E-state index is 11.0. The second kappa shape index (κ2) is 10.3. The molecule has 0 aliphatic rings. The summed E-state index contributed by atoms with van der Waals surface area (Å²) in [7, 11) is 1.39. The Balaban J connectivity index is 3.37. The third kappa shape index (κ3) is 10.0. The predicted octanol–water partition coefficient (Wildman–Crippen LogP) is 1.76. The van der Waals surface area contributed by atoms with Crippen molar-refractivity contribution in [2.45, 2.75) is 27.2 Å². The highest BCUT2D eigenvalue weighted by molar-refractivity contribution is 5.87. The van der Waals surface area contributed by atoms with E-state index in [1.165, 1.54) is 7.11 Å². The van der Waals surface area contributed by atoms with E-state index in [9.17, 15) is 4.79 Å². The summed E-state index contributed by atoms with van der Waals surface area (Å²) >= 11 is 0. The summed E-state index contributed by atoms with van der Waals surface area (Å²) in [6.07, 6.45) is 2.82. The third-order valence-corrected chi connectivity index (χ3v) is 2.15. The van der Waals surface area contributed by atoms with E-state index in [1.54, 1.807) is 6.92 Å². The molecule has 0 spiro atoms. The minimum Gasteiger partial charge on any atom is -0.466 e. The van der Waals surface area contributed by atoms with Crippen molar-refractivity contribution in [3.63, 3.8) is 0 Å². The first kappa shape index (κ1) is 16.1. The molecular formula is C13H25NO3. The van der Waals surface area contributed by atoms with E-state index in [4.69, 9.17) is 4.74 Å². The Labute approximate surface area is 104 Å². The van der Waals surface area contributed by atoms with Gasteiger partial charge < -0.3 is 14.8 Å². The molecule has 0 saturated heterocycles. The van der Waals surface area contributed by atoms with Gasteiger partial charge in [0.05, 0.1) is 7.11 Å². The van der Waals surface area contributed by atoms with Crippen LogP contribution in [-0.2, 0) is 14.3 Å². The highest BCUT2D eigenvalue weighted by Crippen LogP contribution is 1.94. The lowest BCUT2D eigenvalue weighted by molar-refractivity contribution is -0.136. The number of esters is 1. The quantitative estimate of drug-likeness (QED) is 0.381. The third-order valence-electron chi connectivity index (χ3n) is 2.15. The van der Waals surface area contributed by atoms with Crippen LogP contribution in [0.1, 0.15) is 27.2 Å². The zero-order valence-corrected chi connectivity index (χ0v) is 11.4. The van der Waals surface area contributed by atoms with Crippen LogP contribution in [0.4, 0.5) is 0 Å². The molecule has 0 unspecified atom stereocenters. The molecule has 0 saturated carbocycles. The topological polar surface area (TPSA) is 47.6 Å². The summed E-state index contributed by atoms with van der Waals surface area (Å²) in [6.45, 7) is 9.21. The Kier molecular flexibility index (Phi) is 9.77. The van der Waals surface area contributed by atoms with Gasteiger partial charge in [-0.3, -0.25) is 0 Å². The van der Waals surface area contributed by atoms with Crippen LogP contribution >= 0.6 is 0 Å². The Bertz CT molecular complexity index is 237. The molecule has 100 valence electrons. The number of carbonyl (C=O) groups excluding carboxylic acids is 1. The van der Waals surface area contributed by atoms with Gasteiger partial charge in [0.25, 0.3) is 0 Å². The van der Waals surface area contributed by atoms with Gasteiger partial charge in [0.2, 0.25) is 0 Å². The van der Waals surface area contributed by atoms with Gasteiger partial charge in [-0.05, 0) is 25.8 Å². The maximum Gasteiger partial charge on any atom is 0.333 e. The van der Waals surface area contributed by atoms with E-state index in [-0.39, 0.29) is 5.97 Å². The summed E-state index contributed by atoms with van der Waals surface area (Å²) in [5.74, 6) is 0.320. The standard InChI is InChI=1S/C13H25NO3/c1-11(2)10-17-9-5-7-14-8-6-12(3)13(15)16-4/h6,11,14H,5,7-10H2,1-4H3. The molecule has 4 nitrogen and oxygen atoms in total. The van der Waals surface area contributed by atoms with E-state index in [0.717, 1.165) is 26.2 Å². The molecule has 0 aliphatic carbocycles. The van der Waals surface area contributed by atoms with Crippen molar-refractivity contribution in [3.05, 3.63) is 11.6 Å². The molecule has 0 aromatic carbocycles. The summed E-state index contributed by atoms with van der Waals surface area (Å²) in [5.41, 5.74) is 0.635. The summed E-state index contributed by atoms with van der Waals surface area (Å²) < 4.78 is 10.0. The molecule has 0 aromatic rings. The monoisotopic (exact) mass is 243 g/mol. The number of carbonyl (C=O) groups is 1. The van der Waals surface area contributed by atoms with E-state index in [1.807, 2.05) is 6.08 Å². The van der Waals surface area contributed by atoms with Crippen LogP contribution in [-0.4, -0.2) is 39.4 Å². The van der Waals surface area contributed by atoms with Crippen LogP contribution in [0.2, 0.25) is 0 Å². The van der Waals surface area contributed by atoms with Crippen LogP contribution in [0.25, 0.3) is 0 Å². The van der Waals surface area contributed by atoms with Crippen LogP contribution in [0.3, 0.4) is 0 Å². The van der Waals surface area contributed by atoms with Gasteiger partial charge in [0.15, 0.2) is 0 Å². The van der Waals surface area contributed by atoms with E-state index in [0.29, 0.717) is 18.0 Å². The molecule has 0 atom stereocenters. The zero-order chi connectivity index (χ0) is 13.1. The lowest BCUT2D eigenvalue weighted by Crippen LogP contribution is -2.18. The first-order valence-corrected chi connectivity index (χ1v) is 6.11. The van der Waals surface area contributed by atoms with Crippen molar-refractivity contribution >= 4 is 5.97 Å². The molecule has 17 heavy (non-hydrogen) atoms. The molecule has 0 bridgehead atoms. The number of hydrogen-bond donors (Lipinski definition) is 1. The Hall–Kier alpha value is -0.870. The largest absolute Gasteiger partial charge is 0.466 e. The van der Waals surface area contributed by atoms with E-state index in [2.05, 4.69) is 23.9 Å². The van der Waals surface area contributed by atoms with Gasteiger partial charge >= 0.3 is 5.97 Å². The van der Waals surface area contributed by atoms with E-state index < -0.39 is 0 Å². The van der Waals surface area contributed by atoms with Gasteiger partial charge in [0.1, 0.15) is 0 Å². The molecule has 0 aromatic heterocycles. The van der Waals surface area contributed by atoms with Gasteiger partial charge in [-0.25, -0.2) is 4.79 Å². The van der Waals surface area contributed by atoms with Crippen molar-refractivity contribution in [1.29, 1.82) is 0 Å². The fourth-order valence-corrected chi connectivity index (χ4v) is 1.19. The van der Waals surface area contributed by atoms with Crippen LogP contribution < -0.4 is 5.32 Å². The molecule has 4 heteroatoms. The Morgan fingerprint density at radius 1 is 1.41 bits per heavy atom. The SMILES string of the molecule is COC(=O)C(C)=CCNCCCOCC(C)C. The van der Waals surface area contributed by atoms with E-state index >= 15 is 0 Å². The first-order valence-electron chi connectivity index (χ1n) is 6.11. The number of rotatable bonds is 9. The van der Waals surface area contributed by atoms with Crippen LogP contribution in [0.5, 0.6) is 0 Å². The molecule has 0 aliphatic heterocycles. The predicted molar refractivity (Wildman–Crippen MR) is 68.9 cm³/mol. The smallest absolute Gasteiger partial charge is 0.333 e.